The average Bonchev–Trinajstić information content (AvgIpc) is 2.64. The Bertz CT molecular complexity index is 530. The Kier molecular flexibility index (Phi) is 2.78. The molecule has 0 fully saturated rings. The first-order chi connectivity index (χ1) is 7.61. The normalized spacial score (nSPS) is 10.4. The zero-order valence-electron chi connectivity index (χ0n) is 8.33. The topological polar surface area (TPSA) is 30.0 Å². The van der Waals surface area contributed by atoms with E-state index in [2.05, 4.69) is 4.98 Å². The molecule has 0 saturated heterocycles. The van der Waals surface area contributed by atoms with Gasteiger partial charge in [0.15, 0.2) is 0 Å². The smallest absolute Gasteiger partial charge is 0.210 e. The Morgan fingerprint density at radius 2 is 1.94 bits per heavy atom. The van der Waals surface area contributed by atoms with Gasteiger partial charge in [-0.05, 0) is 19.1 Å². The van der Waals surface area contributed by atoms with Crippen molar-refractivity contribution in [3.8, 4) is 0 Å². The molecule has 1 heterocycles. The van der Waals surface area contributed by atoms with Crippen LogP contribution in [0.3, 0.4) is 0 Å². The molecule has 0 aliphatic carbocycles. The zero-order valence-corrected chi connectivity index (χ0v) is 9.15. The van der Waals surface area contributed by atoms with E-state index in [9.17, 15) is 13.6 Å². The summed E-state index contributed by atoms with van der Waals surface area (Å²) in [6, 6.07) is 3.35. The van der Waals surface area contributed by atoms with Crippen molar-refractivity contribution in [3.05, 3.63) is 51.5 Å². The second kappa shape index (κ2) is 4.09. The van der Waals surface area contributed by atoms with Crippen molar-refractivity contribution in [2.45, 2.75) is 6.92 Å². The highest BCUT2D eigenvalue weighted by molar-refractivity contribution is 7.12. The van der Waals surface area contributed by atoms with Crippen molar-refractivity contribution in [3.63, 3.8) is 0 Å². The van der Waals surface area contributed by atoms with Crippen LogP contribution < -0.4 is 0 Å². The van der Waals surface area contributed by atoms with Crippen LogP contribution in [0.15, 0.2) is 23.7 Å². The number of aryl methyl sites for hydroxylation is 1. The number of carbonyl (C=O) groups is 1. The largest absolute Gasteiger partial charge is 0.287 e. The molecule has 2 nitrogen and oxygen atoms in total. The number of carbonyl (C=O) groups excluding carboxylic acids is 1. The molecule has 0 N–H and O–H groups in total. The lowest BCUT2D eigenvalue weighted by Gasteiger charge is -2.02. The Morgan fingerprint density at radius 1 is 1.31 bits per heavy atom. The fourth-order valence-corrected chi connectivity index (χ4v) is 2.10. The Morgan fingerprint density at radius 3 is 2.44 bits per heavy atom. The molecular weight excluding hydrogens is 232 g/mol. The molecule has 0 amide bonds. The van der Waals surface area contributed by atoms with Crippen LogP contribution in [0.25, 0.3) is 0 Å². The van der Waals surface area contributed by atoms with Gasteiger partial charge in [-0.1, -0.05) is 6.07 Å². The summed E-state index contributed by atoms with van der Waals surface area (Å²) >= 11 is 1.08. The third-order valence-corrected chi connectivity index (χ3v) is 3.07. The number of ketones is 1. The molecule has 5 heteroatoms. The van der Waals surface area contributed by atoms with Gasteiger partial charge in [-0.15, -0.1) is 11.3 Å². The quantitative estimate of drug-likeness (QED) is 0.754. The van der Waals surface area contributed by atoms with Crippen molar-refractivity contribution in [1.82, 2.24) is 4.98 Å². The van der Waals surface area contributed by atoms with Gasteiger partial charge in [-0.25, -0.2) is 13.8 Å². The van der Waals surface area contributed by atoms with Gasteiger partial charge in [0, 0.05) is 0 Å². The molecule has 82 valence electrons. The van der Waals surface area contributed by atoms with Gasteiger partial charge in [-0.3, -0.25) is 4.79 Å². The number of nitrogens with zero attached hydrogens (tertiary/aromatic N) is 1. The Labute approximate surface area is 94.6 Å². The summed E-state index contributed by atoms with van der Waals surface area (Å²) in [5, 5.41) is 0. The van der Waals surface area contributed by atoms with E-state index in [1.165, 1.54) is 11.6 Å². The SMILES string of the molecule is Cc1ncsc1C(=O)c1c(F)cccc1F. The van der Waals surface area contributed by atoms with Crippen LogP contribution in [0, 0.1) is 18.6 Å². The first-order valence-electron chi connectivity index (χ1n) is 4.50. The molecule has 0 radical (unpaired) electrons. The highest BCUT2D eigenvalue weighted by Crippen LogP contribution is 2.21. The number of aromatic nitrogens is 1. The third kappa shape index (κ3) is 1.74. The molecule has 2 rings (SSSR count). The van der Waals surface area contributed by atoms with E-state index in [4.69, 9.17) is 0 Å². The van der Waals surface area contributed by atoms with E-state index in [0.29, 0.717) is 5.69 Å². The minimum Gasteiger partial charge on any atom is -0.287 e. The van der Waals surface area contributed by atoms with Crippen LogP contribution in [-0.2, 0) is 0 Å². The highest BCUT2D eigenvalue weighted by atomic mass is 32.1. The highest BCUT2D eigenvalue weighted by Gasteiger charge is 2.21. The molecule has 1 aromatic carbocycles. The molecule has 0 spiro atoms. The Balaban J connectivity index is 2.54. The number of benzene rings is 1. The fraction of sp³-hybridized carbons (Fsp3) is 0.0909. The Hall–Kier alpha value is -1.62. The van der Waals surface area contributed by atoms with Gasteiger partial charge in [0.2, 0.25) is 5.78 Å². The van der Waals surface area contributed by atoms with Gasteiger partial charge in [0.25, 0.3) is 0 Å². The number of thiazole rings is 1. The number of hydrogen-bond acceptors (Lipinski definition) is 3. The molecule has 0 bridgehead atoms. The van der Waals surface area contributed by atoms with Crippen LogP contribution in [0.5, 0.6) is 0 Å². The second-order valence-electron chi connectivity index (χ2n) is 3.19. The maximum atomic E-state index is 13.3. The van der Waals surface area contributed by atoms with Crippen molar-refractivity contribution in [2.24, 2.45) is 0 Å². The summed E-state index contributed by atoms with van der Waals surface area (Å²) in [6.45, 7) is 1.63. The van der Waals surface area contributed by atoms with Crippen LogP contribution in [0.2, 0.25) is 0 Å². The monoisotopic (exact) mass is 239 g/mol. The molecule has 2 aromatic rings. The minimum atomic E-state index is -0.849. The van der Waals surface area contributed by atoms with Gasteiger partial charge in [-0.2, -0.15) is 0 Å². The lowest BCUT2D eigenvalue weighted by atomic mass is 10.1. The summed E-state index contributed by atoms with van der Waals surface area (Å²) in [6.07, 6.45) is 0. The molecular formula is C11H7F2NOS. The maximum absolute atomic E-state index is 13.3. The van der Waals surface area contributed by atoms with E-state index >= 15 is 0 Å². The number of hydrogen-bond donors (Lipinski definition) is 0. The van der Waals surface area contributed by atoms with Crippen molar-refractivity contribution in [2.75, 3.05) is 0 Å². The summed E-state index contributed by atoms with van der Waals surface area (Å²) in [4.78, 5) is 16.0. The summed E-state index contributed by atoms with van der Waals surface area (Å²) in [5.74, 6) is -2.36. The lowest BCUT2D eigenvalue weighted by molar-refractivity contribution is 0.103. The molecule has 0 aliphatic rings. The predicted molar refractivity (Wildman–Crippen MR) is 56.6 cm³/mol. The molecule has 0 saturated carbocycles. The second-order valence-corrected chi connectivity index (χ2v) is 4.05. The first kappa shape index (κ1) is 10.9. The summed E-state index contributed by atoms with van der Waals surface area (Å²) in [5.41, 5.74) is 1.44. The zero-order chi connectivity index (χ0) is 11.7. The molecule has 0 atom stereocenters. The predicted octanol–water partition coefficient (Wildman–Crippen LogP) is 2.96. The van der Waals surface area contributed by atoms with E-state index in [1.807, 2.05) is 0 Å². The minimum absolute atomic E-state index is 0.268. The molecule has 0 unspecified atom stereocenters. The van der Waals surface area contributed by atoms with E-state index in [0.717, 1.165) is 23.5 Å². The van der Waals surface area contributed by atoms with E-state index < -0.39 is 23.0 Å². The third-order valence-electron chi connectivity index (χ3n) is 2.14. The summed E-state index contributed by atoms with van der Waals surface area (Å²) < 4.78 is 26.7. The van der Waals surface area contributed by atoms with E-state index in [1.54, 1.807) is 6.92 Å². The first-order valence-corrected chi connectivity index (χ1v) is 5.38. The molecule has 16 heavy (non-hydrogen) atoms. The fourth-order valence-electron chi connectivity index (χ4n) is 1.35. The molecule has 0 aliphatic heterocycles. The van der Waals surface area contributed by atoms with Gasteiger partial charge in [0.1, 0.15) is 11.6 Å². The van der Waals surface area contributed by atoms with Crippen molar-refractivity contribution < 1.29 is 13.6 Å². The molecule has 1 aromatic heterocycles. The van der Waals surface area contributed by atoms with Crippen LogP contribution in [-0.4, -0.2) is 10.8 Å². The van der Waals surface area contributed by atoms with Crippen molar-refractivity contribution >= 4 is 17.1 Å². The lowest BCUT2D eigenvalue weighted by Crippen LogP contribution is -2.07. The van der Waals surface area contributed by atoms with Crippen LogP contribution in [0.1, 0.15) is 20.9 Å². The standard InChI is InChI=1S/C11H7F2NOS/c1-6-11(16-5-14-6)10(15)9-7(12)3-2-4-8(9)13/h2-5H,1H3. The number of rotatable bonds is 2. The maximum Gasteiger partial charge on any atom is 0.210 e. The summed E-state index contributed by atoms with van der Waals surface area (Å²) in [7, 11) is 0. The van der Waals surface area contributed by atoms with Gasteiger partial charge < -0.3 is 0 Å². The van der Waals surface area contributed by atoms with Crippen molar-refractivity contribution in [1.29, 1.82) is 0 Å². The van der Waals surface area contributed by atoms with E-state index in [-0.39, 0.29) is 4.88 Å². The average molecular weight is 239 g/mol. The van der Waals surface area contributed by atoms with Gasteiger partial charge in [0.05, 0.1) is 21.6 Å². The van der Waals surface area contributed by atoms with Gasteiger partial charge >= 0.3 is 0 Å². The number of halogens is 2. The van der Waals surface area contributed by atoms with Crippen LogP contribution >= 0.6 is 11.3 Å². The van der Waals surface area contributed by atoms with Crippen LogP contribution in [0.4, 0.5) is 8.78 Å².